The van der Waals surface area contributed by atoms with Gasteiger partial charge in [-0.2, -0.15) is 5.10 Å². The Morgan fingerprint density at radius 3 is 2.74 bits per heavy atom. The maximum Gasteiger partial charge on any atom is 0.120 e. The highest BCUT2D eigenvalue weighted by atomic mass is 16.5. The van der Waals surface area contributed by atoms with Crippen LogP contribution in [0.4, 0.5) is 0 Å². The molecule has 1 atom stereocenters. The van der Waals surface area contributed by atoms with Gasteiger partial charge in [0, 0.05) is 18.3 Å². The average Bonchev–Trinajstić information content (AvgIpc) is 2.86. The fraction of sp³-hybridized carbons (Fsp3) is 0.400. The van der Waals surface area contributed by atoms with Gasteiger partial charge in [0.25, 0.3) is 0 Å². The Labute approximate surface area is 114 Å². The predicted octanol–water partition coefficient (Wildman–Crippen LogP) is 2.74. The van der Waals surface area contributed by atoms with Gasteiger partial charge in [-0.25, -0.2) is 0 Å². The minimum atomic E-state index is -0.170. The van der Waals surface area contributed by atoms with E-state index in [0.29, 0.717) is 0 Å². The second kappa shape index (κ2) is 5.89. The molecule has 0 aliphatic heterocycles. The molecule has 2 aromatic rings. The number of ether oxygens (including phenoxy) is 1. The second-order valence-corrected chi connectivity index (χ2v) is 4.85. The standard InChI is InChI=1S/C15H21N3O/c1-4-18-10-13(9-17-18)15(16)12-6-5-7-14(8-12)19-11(2)3/h5-11,15H,4,16H2,1-3H3. The van der Waals surface area contributed by atoms with E-state index in [1.54, 1.807) is 0 Å². The van der Waals surface area contributed by atoms with Crippen molar-refractivity contribution in [2.75, 3.05) is 0 Å². The van der Waals surface area contributed by atoms with Crippen molar-refractivity contribution < 1.29 is 4.74 Å². The van der Waals surface area contributed by atoms with Crippen molar-refractivity contribution in [1.29, 1.82) is 0 Å². The van der Waals surface area contributed by atoms with Crippen LogP contribution >= 0.6 is 0 Å². The Bertz CT molecular complexity index is 534. The Hall–Kier alpha value is -1.81. The molecule has 1 aromatic carbocycles. The molecule has 19 heavy (non-hydrogen) atoms. The quantitative estimate of drug-likeness (QED) is 0.898. The minimum absolute atomic E-state index is 0.161. The van der Waals surface area contributed by atoms with E-state index in [1.165, 1.54) is 0 Å². The SMILES string of the molecule is CCn1cc(C(N)c2cccc(OC(C)C)c2)cn1. The first-order valence-electron chi connectivity index (χ1n) is 6.64. The number of nitrogens with two attached hydrogens (primary N) is 1. The van der Waals surface area contributed by atoms with Crippen molar-refractivity contribution in [3.8, 4) is 5.75 Å². The third-order valence-electron chi connectivity index (χ3n) is 2.93. The first-order valence-corrected chi connectivity index (χ1v) is 6.64. The lowest BCUT2D eigenvalue weighted by Gasteiger charge is -2.14. The highest BCUT2D eigenvalue weighted by Crippen LogP contribution is 2.23. The van der Waals surface area contributed by atoms with Crippen LogP contribution in [0.2, 0.25) is 0 Å². The van der Waals surface area contributed by atoms with Crippen LogP contribution in [0.1, 0.15) is 37.9 Å². The Kier molecular flexibility index (Phi) is 4.22. The summed E-state index contributed by atoms with van der Waals surface area (Å²) in [6.45, 7) is 6.93. The maximum atomic E-state index is 6.28. The largest absolute Gasteiger partial charge is 0.491 e. The monoisotopic (exact) mass is 259 g/mol. The number of aryl methyl sites for hydroxylation is 1. The van der Waals surface area contributed by atoms with Crippen LogP contribution in [0.5, 0.6) is 5.75 Å². The van der Waals surface area contributed by atoms with Gasteiger partial charge in [0.05, 0.1) is 18.3 Å². The third kappa shape index (κ3) is 3.35. The molecule has 0 amide bonds. The van der Waals surface area contributed by atoms with E-state index in [0.717, 1.165) is 23.4 Å². The van der Waals surface area contributed by atoms with Crippen molar-refractivity contribution in [2.24, 2.45) is 5.73 Å². The first kappa shape index (κ1) is 13.6. The van der Waals surface area contributed by atoms with E-state index in [4.69, 9.17) is 10.5 Å². The first-order chi connectivity index (χ1) is 9.10. The molecular formula is C15H21N3O. The summed E-state index contributed by atoms with van der Waals surface area (Å²) < 4.78 is 7.57. The Morgan fingerprint density at radius 2 is 2.11 bits per heavy atom. The van der Waals surface area contributed by atoms with Crippen LogP contribution in [0.3, 0.4) is 0 Å². The molecule has 4 nitrogen and oxygen atoms in total. The van der Waals surface area contributed by atoms with Gasteiger partial charge in [0.2, 0.25) is 0 Å². The number of hydrogen-bond acceptors (Lipinski definition) is 3. The maximum absolute atomic E-state index is 6.28. The molecule has 102 valence electrons. The molecule has 2 N–H and O–H groups in total. The van der Waals surface area contributed by atoms with E-state index in [2.05, 4.69) is 12.0 Å². The summed E-state index contributed by atoms with van der Waals surface area (Å²) >= 11 is 0. The van der Waals surface area contributed by atoms with E-state index in [9.17, 15) is 0 Å². The number of nitrogens with zero attached hydrogens (tertiary/aromatic N) is 2. The predicted molar refractivity (Wildman–Crippen MR) is 76.1 cm³/mol. The molecule has 0 bridgehead atoms. The van der Waals surface area contributed by atoms with Crippen LogP contribution in [0, 0.1) is 0 Å². The van der Waals surface area contributed by atoms with Gasteiger partial charge in [-0.15, -0.1) is 0 Å². The molecule has 0 saturated carbocycles. The second-order valence-electron chi connectivity index (χ2n) is 4.85. The van der Waals surface area contributed by atoms with Crippen LogP contribution < -0.4 is 10.5 Å². The molecule has 1 unspecified atom stereocenters. The van der Waals surface area contributed by atoms with Crippen LogP contribution in [-0.2, 0) is 6.54 Å². The smallest absolute Gasteiger partial charge is 0.120 e. The zero-order chi connectivity index (χ0) is 13.8. The molecule has 0 aliphatic rings. The molecular weight excluding hydrogens is 238 g/mol. The fourth-order valence-electron chi connectivity index (χ4n) is 1.96. The summed E-state index contributed by atoms with van der Waals surface area (Å²) in [5.41, 5.74) is 8.33. The number of benzene rings is 1. The van der Waals surface area contributed by atoms with Crippen molar-refractivity contribution >= 4 is 0 Å². The van der Waals surface area contributed by atoms with Crippen molar-refractivity contribution in [1.82, 2.24) is 9.78 Å². The average molecular weight is 259 g/mol. The molecule has 0 spiro atoms. The van der Waals surface area contributed by atoms with Gasteiger partial charge in [-0.1, -0.05) is 12.1 Å². The van der Waals surface area contributed by atoms with Gasteiger partial charge in [0.1, 0.15) is 5.75 Å². The molecule has 1 heterocycles. The zero-order valence-corrected chi connectivity index (χ0v) is 11.7. The lowest BCUT2D eigenvalue weighted by molar-refractivity contribution is 0.242. The molecule has 2 rings (SSSR count). The normalized spacial score (nSPS) is 12.7. The summed E-state index contributed by atoms with van der Waals surface area (Å²) in [7, 11) is 0. The number of aromatic nitrogens is 2. The van der Waals surface area contributed by atoms with Crippen molar-refractivity contribution in [3.63, 3.8) is 0 Å². The molecule has 0 aliphatic carbocycles. The fourth-order valence-corrected chi connectivity index (χ4v) is 1.96. The van der Waals surface area contributed by atoms with Crippen molar-refractivity contribution in [2.45, 2.75) is 39.5 Å². The summed E-state index contributed by atoms with van der Waals surface area (Å²) in [5.74, 6) is 0.853. The van der Waals surface area contributed by atoms with E-state index >= 15 is 0 Å². The molecule has 0 fully saturated rings. The van der Waals surface area contributed by atoms with Crippen LogP contribution in [0.25, 0.3) is 0 Å². The summed E-state index contributed by atoms with van der Waals surface area (Å²) in [6, 6.07) is 7.76. The van der Waals surface area contributed by atoms with Gasteiger partial charge < -0.3 is 10.5 Å². The Morgan fingerprint density at radius 1 is 1.32 bits per heavy atom. The number of hydrogen-bond donors (Lipinski definition) is 1. The van der Waals surface area contributed by atoms with Crippen molar-refractivity contribution in [3.05, 3.63) is 47.8 Å². The summed E-state index contributed by atoms with van der Waals surface area (Å²) in [6.07, 6.45) is 3.97. The van der Waals surface area contributed by atoms with Crippen LogP contribution in [0.15, 0.2) is 36.7 Å². The molecule has 4 heteroatoms. The lowest BCUT2D eigenvalue weighted by atomic mass is 10.0. The van der Waals surface area contributed by atoms with E-state index in [-0.39, 0.29) is 12.1 Å². The summed E-state index contributed by atoms with van der Waals surface area (Å²) in [5, 5.41) is 4.26. The topological polar surface area (TPSA) is 53.1 Å². The highest BCUT2D eigenvalue weighted by Gasteiger charge is 2.12. The highest BCUT2D eigenvalue weighted by molar-refractivity contribution is 5.35. The molecule has 1 aromatic heterocycles. The van der Waals surface area contributed by atoms with Gasteiger partial charge in [-0.05, 0) is 38.5 Å². The van der Waals surface area contributed by atoms with Gasteiger partial charge in [0.15, 0.2) is 0 Å². The molecule has 0 saturated heterocycles. The Balaban J connectivity index is 2.20. The van der Waals surface area contributed by atoms with Crippen LogP contribution in [-0.4, -0.2) is 15.9 Å². The van der Waals surface area contributed by atoms with Gasteiger partial charge in [-0.3, -0.25) is 4.68 Å². The third-order valence-corrected chi connectivity index (χ3v) is 2.93. The minimum Gasteiger partial charge on any atom is -0.491 e. The van der Waals surface area contributed by atoms with E-state index < -0.39 is 0 Å². The molecule has 0 radical (unpaired) electrons. The van der Waals surface area contributed by atoms with Gasteiger partial charge >= 0.3 is 0 Å². The number of rotatable bonds is 5. The van der Waals surface area contributed by atoms with E-state index in [1.807, 2.05) is 55.2 Å². The lowest BCUT2D eigenvalue weighted by Crippen LogP contribution is -2.12. The zero-order valence-electron chi connectivity index (χ0n) is 11.7. The summed E-state index contributed by atoms with van der Waals surface area (Å²) in [4.78, 5) is 0.